The Labute approximate surface area is 186 Å². The molecule has 1 aromatic carbocycles. The number of halogens is 2. The molecule has 8 nitrogen and oxygen atoms in total. The number of sulfonamides is 1. The third-order valence-electron chi connectivity index (χ3n) is 5.98. The van der Waals surface area contributed by atoms with Crippen LogP contribution in [0.3, 0.4) is 0 Å². The Morgan fingerprint density at radius 3 is 2.34 bits per heavy atom. The van der Waals surface area contributed by atoms with Crippen LogP contribution in [0.25, 0.3) is 0 Å². The largest absolute Gasteiger partial charge is 0.482 e. The minimum absolute atomic E-state index is 0.0876. The molecule has 2 aromatic rings. The zero-order valence-electron chi connectivity index (χ0n) is 18.4. The van der Waals surface area contributed by atoms with Crippen LogP contribution < -0.4 is 4.74 Å². The number of hydrogen-bond donors (Lipinski definition) is 0. The molecule has 0 N–H and O–H groups in total. The molecule has 0 aliphatic carbocycles. The standard InChI is InChI=1S/C21H28F2N4O4S/c1-13(2)21-24-19(31-25-21)12-26-10-16(11-26)30-20-17(22)8-15(9-18(20)23)14-4-6-27(7-5-14)32(3,28)29/h8-9,13-14,16H,4-7,10-12H2,1-3H3. The van der Waals surface area contributed by atoms with Crippen LogP contribution >= 0.6 is 0 Å². The molecular formula is C21H28F2N4O4S. The van der Waals surface area contributed by atoms with Gasteiger partial charge in [-0.05, 0) is 36.5 Å². The maximum Gasteiger partial charge on any atom is 0.240 e. The van der Waals surface area contributed by atoms with Crippen molar-refractivity contribution in [2.45, 2.75) is 51.2 Å². The lowest BCUT2D eigenvalue weighted by molar-refractivity contribution is 0.00425. The smallest absolute Gasteiger partial charge is 0.240 e. The molecule has 0 unspecified atom stereocenters. The van der Waals surface area contributed by atoms with Crippen molar-refractivity contribution in [1.82, 2.24) is 19.3 Å². The highest BCUT2D eigenvalue weighted by Gasteiger charge is 2.32. The number of aromatic nitrogens is 2. The molecule has 0 bridgehead atoms. The molecule has 1 aromatic heterocycles. The van der Waals surface area contributed by atoms with Gasteiger partial charge in [0, 0.05) is 32.1 Å². The minimum atomic E-state index is -3.24. The fourth-order valence-corrected chi connectivity index (χ4v) is 4.97. The van der Waals surface area contributed by atoms with E-state index < -0.39 is 21.7 Å². The van der Waals surface area contributed by atoms with Crippen molar-refractivity contribution in [2.24, 2.45) is 0 Å². The fraction of sp³-hybridized carbons (Fsp3) is 0.619. The highest BCUT2D eigenvalue weighted by Crippen LogP contribution is 2.34. The molecule has 32 heavy (non-hydrogen) atoms. The quantitative estimate of drug-likeness (QED) is 0.615. The predicted molar refractivity (Wildman–Crippen MR) is 113 cm³/mol. The molecule has 11 heteroatoms. The third-order valence-corrected chi connectivity index (χ3v) is 7.29. The van der Waals surface area contributed by atoms with Gasteiger partial charge in [0.15, 0.2) is 23.2 Å². The van der Waals surface area contributed by atoms with Crippen molar-refractivity contribution >= 4 is 10.0 Å². The second-order valence-corrected chi connectivity index (χ2v) is 10.9. The van der Waals surface area contributed by atoms with Crippen LogP contribution in [0.4, 0.5) is 8.78 Å². The highest BCUT2D eigenvalue weighted by atomic mass is 32.2. The summed E-state index contributed by atoms with van der Waals surface area (Å²) in [4.78, 5) is 6.33. The summed E-state index contributed by atoms with van der Waals surface area (Å²) in [5.74, 6) is -0.580. The van der Waals surface area contributed by atoms with E-state index in [2.05, 4.69) is 10.1 Å². The summed E-state index contributed by atoms with van der Waals surface area (Å²) in [6.45, 7) is 6.14. The van der Waals surface area contributed by atoms with Crippen LogP contribution in [0.2, 0.25) is 0 Å². The van der Waals surface area contributed by atoms with Crippen LogP contribution in [0.1, 0.15) is 55.8 Å². The van der Waals surface area contributed by atoms with E-state index in [0.717, 1.165) is 0 Å². The van der Waals surface area contributed by atoms with Gasteiger partial charge in [0.05, 0.1) is 12.8 Å². The van der Waals surface area contributed by atoms with E-state index in [1.807, 2.05) is 18.7 Å². The summed E-state index contributed by atoms with van der Waals surface area (Å²) < 4.78 is 64.8. The number of nitrogens with zero attached hydrogens (tertiary/aromatic N) is 4. The van der Waals surface area contributed by atoms with Crippen LogP contribution in [0.5, 0.6) is 5.75 Å². The zero-order valence-corrected chi connectivity index (χ0v) is 19.2. The molecule has 0 radical (unpaired) electrons. The molecule has 0 amide bonds. The molecule has 2 saturated heterocycles. The van der Waals surface area contributed by atoms with E-state index in [0.29, 0.717) is 62.8 Å². The molecule has 2 aliphatic rings. The lowest BCUT2D eigenvalue weighted by Gasteiger charge is -2.38. The zero-order chi connectivity index (χ0) is 23.0. The molecule has 0 atom stereocenters. The Bertz CT molecular complexity index is 1040. The Morgan fingerprint density at radius 2 is 1.81 bits per heavy atom. The first-order valence-electron chi connectivity index (χ1n) is 10.8. The van der Waals surface area contributed by atoms with Gasteiger partial charge in [-0.25, -0.2) is 21.5 Å². The van der Waals surface area contributed by atoms with Crippen molar-refractivity contribution in [1.29, 1.82) is 0 Å². The molecule has 0 saturated carbocycles. The van der Waals surface area contributed by atoms with E-state index >= 15 is 0 Å². The molecule has 0 spiro atoms. The van der Waals surface area contributed by atoms with E-state index in [1.165, 1.54) is 22.7 Å². The number of ether oxygens (including phenoxy) is 1. The van der Waals surface area contributed by atoms with E-state index in [-0.39, 0.29) is 23.7 Å². The number of piperidine rings is 1. The molecular weight excluding hydrogens is 442 g/mol. The minimum Gasteiger partial charge on any atom is -0.482 e. The second kappa shape index (κ2) is 9.03. The maximum atomic E-state index is 14.7. The van der Waals surface area contributed by atoms with Gasteiger partial charge in [-0.1, -0.05) is 19.0 Å². The SMILES string of the molecule is CC(C)c1noc(CN2CC(Oc3c(F)cc(C4CCN(S(C)(=O)=O)CC4)cc3F)C2)n1. The van der Waals surface area contributed by atoms with Gasteiger partial charge in [-0.3, -0.25) is 4.90 Å². The number of hydrogen-bond acceptors (Lipinski definition) is 7. The first-order valence-corrected chi connectivity index (χ1v) is 12.6. The summed E-state index contributed by atoms with van der Waals surface area (Å²) in [6, 6.07) is 2.61. The van der Waals surface area contributed by atoms with E-state index in [1.54, 1.807) is 0 Å². The molecule has 2 fully saturated rings. The van der Waals surface area contributed by atoms with Crippen molar-refractivity contribution in [3.8, 4) is 5.75 Å². The van der Waals surface area contributed by atoms with Gasteiger partial charge in [0.2, 0.25) is 15.9 Å². The van der Waals surface area contributed by atoms with Crippen LogP contribution in [-0.4, -0.2) is 66.3 Å². The first-order chi connectivity index (χ1) is 15.1. The lowest BCUT2D eigenvalue weighted by atomic mass is 9.90. The van der Waals surface area contributed by atoms with Gasteiger partial charge in [0.25, 0.3) is 0 Å². The van der Waals surface area contributed by atoms with Crippen molar-refractivity contribution < 1.29 is 26.5 Å². The van der Waals surface area contributed by atoms with Crippen molar-refractivity contribution in [3.63, 3.8) is 0 Å². The predicted octanol–water partition coefficient (Wildman–Crippen LogP) is 2.87. The lowest BCUT2D eigenvalue weighted by Crippen LogP contribution is -2.53. The monoisotopic (exact) mass is 470 g/mol. The Hall–Kier alpha value is -2.11. The van der Waals surface area contributed by atoms with Crippen molar-refractivity contribution in [2.75, 3.05) is 32.4 Å². The summed E-state index contributed by atoms with van der Waals surface area (Å²) >= 11 is 0. The number of rotatable bonds is 7. The maximum absolute atomic E-state index is 14.7. The topological polar surface area (TPSA) is 88.8 Å². The second-order valence-electron chi connectivity index (χ2n) is 8.88. The fourth-order valence-electron chi connectivity index (χ4n) is 4.10. The van der Waals surface area contributed by atoms with Crippen LogP contribution in [0, 0.1) is 11.6 Å². The summed E-state index contributed by atoms with van der Waals surface area (Å²) in [6.07, 6.45) is 1.90. The van der Waals surface area contributed by atoms with Crippen molar-refractivity contribution in [3.05, 3.63) is 41.0 Å². The number of benzene rings is 1. The average Bonchev–Trinajstić information content (AvgIpc) is 3.16. The summed E-state index contributed by atoms with van der Waals surface area (Å²) in [5, 5.41) is 3.92. The van der Waals surface area contributed by atoms with E-state index in [4.69, 9.17) is 9.26 Å². The van der Waals surface area contributed by atoms with E-state index in [9.17, 15) is 17.2 Å². The van der Waals surface area contributed by atoms with Gasteiger partial charge >= 0.3 is 0 Å². The third kappa shape index (κ3) is 5.10. The van der Waals surface area contributed by atoms with Gasteiger partial charge in [0.1, 0.15) is 6.10 Å². The molecule has 3 heterocycles. The van der Waals surface area contributed by atoms with Gasteiger partial charge in [-0.2, -0.15) is 4.98 Å². The molecule has 2 aliphatic heterocycles. The Kier molecular flexibility index (Phi) is 6.51. The van der Waals surface area contributed by atoms with Gasteiger partial charge < -0.3 is 9.26 Å². The normalized spacial score (nSPS) is 19.4. The van der Waals surface area contributed by atoms with Crippen LogP contribution in [-0.2, 0) is 16.6 Å². The van der Waals surface area contributed by atoms with Crippen LogP contribution in [0.15, 0.2) is 16.7 Å². The number of likely N-dealkylation sites (tertiary alicyclic amines) is 1. The summed E-state index contributed by atoms with van der Waals surface area (Å²) in [5.41, 5.74) is 0.535. The first kappa shape index (κ1) is 23.1. The summed E-state index contributed by atoms with van der Waals surface area (Å²) in [7, 11) is -3.24. The Morgan fingerprint density at radius 1 is 1.19 bits per heavy atom. The van der Waals surface area contributed by atoms with Gasteiger partial charge in [-0.15, -0.1) is 0 Å². The average molecular weight is 471 g/mol. The molecule has 176 valence electrons. The molecule has 4 rings (SSSR count). The highest BCUT2D eigenvalue weighted by molar-refractivity contribution is 7.88. The Balaban J connectivity index is 1.31.